The lowest BCUT2D eigenvalue weighted by atomic mass is 9.96. The Morgan fingerprint density at radius 3 is 2.57 bits per heavy atom. The number of rotatable bonds is 3. The van der Waals surface area contributed by atoms with Crippen molar-refractivity contribution in [3.05, 3.63) is 28.9 Å². The molecular weight excluding hydrogens is 294 g/mol. The number of aromatic amines is 1. The first-order valence-electron chi connectivity index (χ1n) is 7.92. The summed E-state index contributed by atoms with van der Waals surface area (Å²) in [7, 11) is 3.77. The first-order valence-corrected chi connectivity index (χ1v) is 7.92. The van der Waals surface area contributed by atoms with Gasteiger partial charge in [0, 0.05) is 38.8 Å². The molecule has 1 fully saturated rings. The highest BCUT2D eigenvalue weighted by atomic mass is 16.5. The van der Waals surface area contributed by atoms with Crippen molar-refractivity contribution in [3.8, 4) is 0 Å². The molecule has 2 aromatic rings. The smallest absolute Gasteiger partial charge is 0.270 e. The summed E-state index contributed by atoms with van der Waals surface area (Å²) < 4.78 is 5.36. The molecule has 0 radical (unpaired) electrons. The van der Waals surface area contributed by atoms with Gasteiger partial charge in [-0.3, -0.25) is 4.79 Å². The number of carbonyl (C=O) groups is 1. The van der Waals surface area contributed by atoms with E-state index in [1.165, 1.54) is 0 Å². The quantitative estimate of drug-likeness (QED) is 0.938. The average molecular weight is 317 g/mol. The van der Waals surface area contributed by atoms with E-state index in [4.69, 9.17) is 4.52 Å². The van der Waals surface area contributed by atoms with Crippen LogP contribution in [0.5, 0.6) is 0 Å². The molecule has 0 aromatic carbocycles. The second-order valence-electron chi connectivity index (χ2n) is 6.40. The van der Waals surface area contributed by atoms with Crippen LogP contribution in [0.4, 0.5) is 5.95 Å². The number of anilines is 1. The molecule has 0 unspecified atom stereocenters. The fourth-order valence-corrected chi connectivity index (χ4v) is 3.01. The zero-order valence-electron chi connectivity index (χ0n) is 14.1. The van der Waals surface area contributed by atoms with E-state index >= 15 is 0 Å². The number of hydrogen-bond acceptors (Lipinski definition) is 5. The van der Waals surface area contributed by atoms with Gasteiger partial charge in [-0.15, -0.1) is 0 Å². The number of aromatic nitrogens is 3. The second kappa shape index (κ2) is 6.06. The Balaban J connectivity index is 1.63. The van der Waals surface area contributed by atoms with E-state index in [0.717, 1.165) is 24.1 Å². The molecule has 1 aliphatic rings. The Morgan fingerprint density at radius 1 is 1.35 bits per heavy atom. The van der Waals surface area contributed by atoms with E-state index in [1.54, 1.807) is 0 Å². The topological polar surface area (TPSA) is 78.3 Å². The predicted molar refractivity (Wildman–Crippen MR) is 86.8 cm³/mol. The van der Waals surface area contributed by atoms with Gasteiger partial charge in [0.25, 0.3) is 11.9 Å². The van der Waals surface area contributed by atoms with Gasteiger partial charge in [-0.2, -0.15) is 4.98 Å². The molecular formula is C16H23N5O2. The van der Waals surface area contributed by atoms with Crippen LogP contribution < -0.4 is 4.90 Å². The molecule has 7 heteroatoms. The first-order chi connectivity index (χ1) is 11.0. The minimum Gasteiger partial charge on any atom is -0.354 e. The van der Waals surface area contributed by atoms with E-state index < -0.39 is 0 Å². The molecule has 3 heterocycles. The van der Waals surface area contributed by atoms with Crippen LogP contribution in [-0.4, -0.2) is 53.1 Å². The van der Waals surface area contributed by atoms with E-state index in [-0.39, 0.29) is 11.8 Å². The maximum atomic E-state index is 12.6. The molecule has 1 saturated heterocycles. The van der Waals surface area contributed by atoms with Crippen LogP contribution in [0.25, 0.3) is 0 Å². The number of nitrogens with zero attached hydrogens (tertiary/aromatic N) is 4. The van der Waals surface area contributed by atoms with Crippen LogP contribution in [0.2, 0.25) is 0 Å². The van der Waals surface area contributed by atoms with Crippen molar-refractivity contribution in [2.24, 2.45) is 0 Å². The molecule has 0 saturated carbocycles. The van der Waals surface area contributed by atoms with Crippen molar-refractivity contribution in [1.82, 2.24) is 20.0 Å². The zero-order chi connectivity index (χ0) is 16.6. The Labute approximate surface area is 135 Å². The Bertz CT molecular complexity index is 695. The molecule has 1 N–H and O–H groups in total. The third kappa shape index (κ3) is 3.09. The highest BCUT2D eigenvalue weighted by Crippen LogP contribution is 2.28. The lowest BCUT2D eigenvalue weighted by Gasteiger charge is -2.30. The molecule has 2 aromatic heterocycles. The van der Waals surface area contributed by atoms with E-state index in [2.05, 4.69) is 15.1 Å². The summed E-state index contributed by atoms with van der Waals surface area (Å²) >= 11 is 0. The van der Waals surface area contributed by atoms with Crippen molar-refractivity contribution >= 4 is 11.9 Å². The van der Waals surface area contributed by atoms with Crippen LogP contribution >= 0.6 is 0 Å². The number of hydrogen-bond donors (Lipinski definition) is 1. The summed E-state index contributed by atoms with van der Waals surface area (Å²) in [5.74, 6) is 1.57. The Kier molecular flexibility index (Phi) is 4.11. The van der Waals surface area contributed by atoms with E-state index in [9.17, 15) is 4.79 Å². The van der Waals surface area contributed by atoms with Crippen molar-refractivity contribution in [1.29, 1.82) is 0 Å². The summed E-state index contributed by atoms with van der Waals surface area (Å²) in [6, 6.07) is 2.00. The van der Waals surface area contributed by atoms with Crippen molar-refractivity contribution in [3.63, 3.8) is 0 Å². The minimum atomic E-state index is 0.0774. The van der Waals surface area contributed by atoms with Crippen LogP contribution in [0.15, 0.2) is 10.6 Å². The molecule has 0 aliphatic carbocycles. The van der Waals surface area contributed by atoms with Crippen molar-refractivity contribution in [2.75, 3.05) is 32.1 Å². The number of aryl methyl sites for hydroxylation is 2. The Morgan fingerprint density at radius 2 is 2.04 bits per heavy atom. The number of H-pyrrole nitrogens is 1. The number of nitrogens with one attached hydrogen (secondary N) is 1. The van der Waals surface area contributed by atoms with Gasteiger partial charge in [-0.25, -0.2) is 0 Å². The summed E-state index contributed by atoms with van der Waals surface area (Å²) in [5.41, 5.74) is 2.72. The molecule has 1 amide bonds. The normalized spacial score (nSPS) is 15.9. The standard InChI is InChI=1S/C16H23N5O2/c1-10-9-11(2)17-13(10)15(22)21-7-5-12(6-8-21)14-18-16(19-23-14)20(3)4/h9,12,17H,5-8H2,1-4H3. The van der Waals surface area contributed by atoms with Crippen LogP contribution in [-0.2, 0) is 0 Å². The van der Waals surface area contributed by atoms with Crippen LogP contribution in [0.3, 0.4) is 0 Å². The SMILES string of the molecule is Cc1cc(C)c(C(=O)N2CCC(c3nc(N(C)C)no3)CC2)[nH]1. The molecule has 0 spiro atoms. The van der Waals surface area contributed by atoms with Gasteiger partial charge in [0.2, 0.25) is 5.89 Å². The molecule has 124 valence electrons. The molecule has 0 bridgehead atoms. The van der Waals surface area contributed by atoms with Gasteiger partial charge >= 0.3 is 0 Å². The maximum Gasteiger partial charge on any atom is 0.270 e. The number of likely N-dealkylation sites (tertiary alicyclic amines) is 1. The molecule has 0 atom stereocenters. The highest BCUT2D eigenvalue weighted by molar-refractivity contribution is 5.94. The molecule has 1 aliphatic heterocycles. The lowest BCUT2D eigenvalue weighted by Crippen LogP contribution is -2.38. The third-order valence-corrected chi connectivity index (χ3v) is 4.33. The number of carbonyl (C=O) groups excluding carboxylic acids is 1. The molecule has 3 rings (SSSR count). The monoisotopic (exact) mass is 317 g/mol. The zero-order valence-corrected chi connectivity index (χ0v) is 14.1. The van der Waals surface area contributed by atoms with E-state index in [0.29, 0.717) is 30.6 Å². The predicted octanol–water partition coefficient (Wildman–Crippen LogP) is 2.10. The highest BCUT2D eigenvalue weighted by Gasteiger charge is 2.29. The van der Waals surface area contributed by atoms with Crippen LogP contribution in [0.1, 0.15) is 46.4 Å². The second-order valence-corrected chi connectivity index (χ2v) is 6.40. The first kappa shape index (κ1) is 15.6. The Hall–Kier alpha value is -2.31. The van der Waals surface area contributed by atoms with Crippen LogP contribution in [0, 0.1) is 13.8 Å². The molecule has 7 nitrogen and oxygen atoms in total. The van der Waals surface area contributed by atoms with Gasteiger partial charge in [0.15, 0.2) is 0 Å². The van der Waals surface area contributed by atoms with Gasteiger partial charge in [0.1, 0.15) is 5.69 Å². The van der Waals surface area contributed by atoms with Gasteiger partial charge in [-0.1, -0.05) is 0 Å². The van der Waals surface area contributed by atoms with Gasteiger partial charge in [0.05, 0.1) is 0 Å². The van der Waals surface area contributed by atoms with Gasteiger partial charge in [-0.05, 0) is 43.5 Å². The summed E-state index contributed by atoms with van der Waals surface area (Å²) in [6.07, 6.45) is 1.69. The van der Waals surface area contributed by atoms with Crippen molar-refractivity contribution in [2.45, 2.75) is 32.6 Å². The average Bonchev–Trinajstić information content (AvgIpc) is 3.13. The summed E-state index contributed by atoms with van der Waals surface area (Å²) in [4.78, 5) is 23.9. The van der Waals surface area contributed by atoms with Crippen molar-refractivity contribution < 1.29 is 9.32 Å². The maximum absolute atomic E-state index is 12.6. The third-order valence-electron chi connectivity index (χ3n) is 4.33. The molecule has 23 heavy (non-hydrogen) atoms. The fourth-order valence-electron chi connectivity index (χ4n) is 3.01. The summed E-state index contributed by atoms with van der Waals surface area (Å²) in [5, 5.41) is 3.96. The lowest BCUT2D eigenvalue weighted by molar-refractivity contribution is 0.0698. The van der Waals surface area contributed by atoms with Gasteiger partial charge < -0.3 is 19.3 Å². The van der Waals surface area contributed by atoms with E-state index in [1.807, 2.05) is 43.8 Å². The largest absolute Gasteiger partial charge is 0.354 e. The number of piperidine rings is 1. The minimum absolute atomic E-state index is 0.0774. The number of amides is 1. The fraction of sp³-hybridized carbons (Fsp3) is 0.562. The summed E-state index contributed by atoms with van der Waals surface area (Å²) in [6.45, 7) is 5.35.